The van der Waals surface area contributed by atoms with Gasteiger partial charge in [0.1, 0.15) is 12.1 Å². The minimum atomic E-state index is -1.65. The molecule has 0 aromatic heterocycles. The van der Waals surface area contributed by atoms with Gasteiger partial charge in [0.05, 0.1) is 18.8 Å². The van der Waals surface area contributed by atoms with Crippen LogP contribution in [-0.4, -0.2) is 81.8 Å². The first kappa shape index (κ1) is 27.2. The van der Waals surface area contributed by atoms with Crippen molar-refractivity contribution in [2.75, 3.05) is 6.61 Å². The number of rotatable bonds is 13. The van der Waals surface area contributed by atoms with Gasteiger partial charge in [-0.05, 0) is 19.3 Å². The Labute approximate surface area is 173 Å². The van der Waals surface area contributed by atoms with Crippen LogP contribution in [0.25, 0.3) is 0 Å². The monoisotopic (exact) mass is 433 g/mol. The zero-order valence-corrected chi connectivity index (χ0v) is 17.1. The molecule has 0 aliphatic rings. The van der Waals surface area contributed by atoms with Crippen LogP contribution in [0.3, 0.4) is 0 Å². The molecule has 0 aliphatic carbocycles. The van der Waals surface area contributed by atoms with Gasteiger partial charge in [-0.3, -0.25) is 19.2 Å². The van der Waals surface area contributed by atoms with E-state index in [-0.39, 0.29) is 12.8 Å². The van der Waals surface area contributed by atoms with E-state index < -0.39 is 72.4 Å². The molecule has 0 saturated heterocycles. The molecule has 0 bridgehead atoms. The Balaban J connectivity index is 5.13. The molecule has 0 radical (unpaired) electrons. The number of amides is 4. The SMILES string of the molecule is CC(C)C(NC(=O)C(N)CCC(N)=O)C(=O)NC(CO)C(=O)NC(C(=O)O)C(C)O. The molecule has 4 amide bonds. The van der Waals surface area contributed by atoms with Gasteiger partial charge in [-0.1, -0.05) is 13.8 Å². The Morgan fingerprint density at radius 3 is 1.83 bits per heavy atom. The Hall–Kier alpha value is -2.77. The van der Waals surface area contributed by atoms with E-state index in [9.17, 15) is 34.2 Å². The number of primary amides is 1. The Kier molecular flexibility index (Phi) is 11.5. The molecule has 0 heterocycles. The van der Waals surface area contributed by atoms with Gasteiger partial charge >= 0.3 is 5.97 Å². The fourth-order valence-electron chi connectivity index (χ4n) is 2.32. The minimum absolute atomic E-state index is 0.0226. The molecule has 5 atom stereocenters. The maximum Gasteiger partial charge on any atom is 0.328 e. The van der Waals surface area contributed by atoms with Crippen molar-refractivity contribution in [3.05, 3.63) is 0 Å². The Morgan fingerprint density at radius 1 is 0.900 bits per heavy atom. The van der Waals surface area contributed by atoms with Crippen LogP contribution in [0.4, 0.5) is 0 Å². The summed E-state index contributed by atoms with van der Waals surface area (Å²) >= 11 is 0. The Bertz CT molecular complexity index is 640. The van der Waals surface area contributed by atoms with Crippen LogP contribution < -0.4 is 27.4 Å². The average Bonchev–Trinajstić information content (AvgIpc) is 2.64. The highest BCUT2D eigenvalue weighted by Gasteiger charge is 2.32. The molecule has 172 valence electrons. The van der Waals surface area contributed by atoms with E-state index in [1.165, 1.54) is 0 Å². The van der Waals surface area contributed by atoms with Crippen LogP contribution >= 0.6 is 0 Å². The molecule has 30 heavy (non-hydrogen) atoms. The van der Waals surface area contributed by atoms with Crippen molar-refractivity contribution >= 4 is 29.6 Å². The average molecular weight is 433 g/mol. The lowest BCUT2D eigenvalue weighted by Gasteiger charge is -2.26. The van der Waals surface area contributed by atoms with Crippen LogP contribution in [0.1, 0.15) is 33.6 Å². The first-order valence-corrected chi connectivity index (χ1v) is 9.28. The summed E-state index contributed by atoms with van der Waals surface area (Å²) < 4.78 is 0. The van der Waals surface area contributed by atoms with Gasteiger partial charge in [0, 0.05) is 6.42 Å². The molecule has 0 aliphatic heterocycles. The lowest BCUT2D eigenvalue weighted by atomic mass is 10.0. The van der Waals surface area contributed by atoms with E-state index in [1.807, 2.05) is 5.32 Å². The van der Waals surface area contributed by atoms with E-state index in [1.54, 1.807) is 13.8 Å². The van der Waals surface area contributed by atoms with E-state index in [2.05, 4.69) is 10.6 Å². The molecule has 10 N–H and O–H groups in total. The summed E-state index contributed by atoms with van der Waals surface area (Å²) in [5.41, 5.74) is 10.7. The predicted octanol–water partition coefficient (Wildman–Crippen LogP) is -3.85. The topological polar surface area (TPSA) is 234 Å². The normalized spacial score (nSPS) is 16.0. The van der Waals surface area contributed by atoms with Gasteiger partial charge in [-0.15, -0.1) is 0 Å². The quantitative estimate of drug-likeness (QED) is 0.142. The third kappa shape index (κ3) is 9.15. The summed E-state index contributed by atoms with van der Waals surface area (Å²) in [7, 11) is 0. The fraction of sp³-hybridized carbons (Fsp3) is 0.706. The highest BCUT2D eigenvalue weighted by Crippen LogP contribution is 2.05. The number of nitrogens with one attached hydrogen (secondary N) is 3. The van der Waals surface area contributed by atoms with Gasteiger partial charge in [-0.2, -0.15) is 0 Å². The summed E-state index contributed by atoms with van der Waals surface area (Å²) in [6.07, 6.45) is -1.56. The second kappa shape index (κ2) is 12.7. The third-order valence-electron chi connectivity index (χ3n) is 4.15. The van der Waals surface area contributed by atoms with E-state index in [0.29, 0.717) is 0 Å². The van der Waals surface area contributed by atoms with Gasteiger partial charge in [-0.25, -0.2) is 4.79 Å². The van der Waals surface area contributed by atoms with E-state index in [4.69, 9.17) is 16.6 Å². The number of aliphatic hydroxyl groups is 2. The predicted molar refractivity (Wildman–Crippen MR) is 103 cm³/mol. The number of carboxylic acid groups (broad SMARTS) is 1. The van der Waals surface area contributed by atoms with Crippen molar-refractivity contribution in [3.63, 3.8) is 0 Å². The van der Waals surface area contributed by atoms with Gasteiger partial charge < -0.3 is 42.7 Å². The standard InChI is InChI=1S/C17H31N5O8/c1-7(2)12(21-14(26)9(18)4-5-11(19)25)16(28)20-10(6-23)15(27)22-13(8(3)24)17(29)30/h7-10,12-13,23-24H,4-6,18H2,1-3H3,(H2,19,25)(H,20,28)(H,21,26)(H,22,27)(H,29,30). The number of hydrogen-bond acceptors (Lipinski definition) is 8. The molecule has 13 nitrogen and oxygen atoms in total. The lowest BCUT2D eigenvalue weighted by molar-refractivity contribution is -0.145. The smallest absolute Gasteiger partial charge is 0.328 e. The summed E-state index contributed by atoms with van der Waals surface area (Å²) in [5.74, 6) is -5.15. The van der Waals surface area contributed by atoms with Crippen molar-refractivity contribution in [1.82, 2.24) is 16.0 Å². The molecule has 5 unspecified atom stereocenters. The van der Waals surface area contributed by atoms with Crippen LogP contribution in [-0.2, 0) is 24.0 Å². The zero-order valence-electron chi connectivity index (χ0n) is 17.1. The third-order valence-corrected chi connectivity index (χ3v) is 4.15. The molecule has 0 saturated carbocycles. The van der Waals surface area contributed by atoms with Crippen molar-refractivity contribution in [2.45, 2.75) is 63.9 Å². The zero-order chi connectivity index (χ0) is 23.6. The van der Waals surface area contributed by atoms with Crippen molar-refractivity contribution in [2.24, 2.45) is 17.4 Å². The summed E-state index contributed by atoms with van der Waals surface area (Å²) in [4.78, 5) is 58.8. The molecular formula is C17H31N5O8. The first-order chi connectivity index (χ1) is 13.8. The summed E-state index contributed by atoms with van der Waals surface area (Å²) in [6.45, 7) is 3.51. The lowest BCUT2D eigenvalue weighted by Crippen LogP contribution is -2.60. The Morgan fingerprint density at radius 2 is 1.43 bits per heavy atom. The fourth-order valence-corrected chi connectivity index (χ4v) is 2.32. The second-order valence-corrected chi connectivity index (χ2v) is 7.15. The number of aliphatic hydroxyl groups excluding tert-OH is 2. The molecule has 0 spiro atoms. The molecule has 0 aromatic carbocycles. The van der Waals surface area contributed by atoms with E-state index in [0.717, 1.165) is 6.92 Å². The van der Waals surface area contributed by atoms with Gasteiger partial charge in [0.2, 0.25) is 23.6 Å². The molecule has 0 rings (SSSR count). The molecule has 0 aromatic rings. The maximum atomic E-state index is 12.5. The van der Waals surface area contributed by atoms with Crippen molar-refractivity contribution in [3.8, 4) is 0 Å². The number of hydrogen-bond donors (Lipinski definition) is 8. The van der Waals surface area contributed by atoms with Crippen molar-refractivity contribution < 1.29 is 39.3 Å². The maximum absolute atomic E-state index is 12.5. The van der Waals surface area contributed by atoms with Crippen LogP contribution in [0.15, 0.2) is 0 Å². The van der Waals surface area contributed by atoms with Crippen LogP contribution in [0.2, 0.25) is 0 Å². The number of nitrogens with two attached hydrogens (primary N) is 2. The molecule has 13 heteroatoms. The van der Waals surface area contributed by atoms with Gasteiger partial charge in [0.25, 0.3) is 0 Å². The number of carbonyl (C=O) groups excluding carboxylic acids is 4. The van der Waals surface area contributed by atoms with E-state index >= 15 is 0 Å². The highest BCUT2D eigenvalue weighted by molar-refractivity contribution is 5.94. The second-order valence-electron chi connectivity index (χ2n) is 7.15. The van der Waals surface area contributed by atoms with Crippen LogP contribution in [0.5, 0.6) is 0 Å². The van der Waals surface area contributed by atoms with Gasteiger partial charge in [0.15, 0.2) is 6.04 Å². The summed E-state index contributed by atoms with van der Waals surface area (Å²) in [6, 6.07) is -5.40. The molecular weight excluding hydrogens is 402 g/mol. The number of aliphatic carboxylic acids is 1. The number of carbonyl (C=O) groups is 5. The minimum Gasteiger partial charge on any atom is -0.480 e. The van der Waals surface area contributed by atoms with Crippen molar-refractivity contribution in [1.29, 1.82) is 0 Å². The van der Waals surface area contributed by atoms with Crippen LogP contribution in [0, 0.1) is 5.92 Å². The summed E-state index contributed by atoms with van der Waals surface area (Å²) in [5, 5.41) is 34.5. The first-order valence-electron chi connectivity index (χ1n) is 9.28. The largest absolute Gasteiger partial charge is 0.480 e. The highest BCUT2D eigenvalue weighted by atomic mass is 16.4. The molecule has 0 fully saturated rings. The number of carboxylic acids is 1.